The monoisotopic (exact) mass is 278 g/mol. The molecule has 0 amide bonds. The zero-order valence-corrected chi connectivity index (χ0v) is 10.5. The number of hydrogen-bond acceptors (Lipinski definition) is 4. The Hall–Kier alpha value is -0.950. The van der Waals surface area contributed by atoms with Crippen molar-refractivity contribution in [3.05, 3.63) is 30.1 Å². The molecule has 1 aromatic rings. The fourth-order valence-corrected chi connectivity index (χ4v) is 6.23. The van der Waals surface area contributed by atoms with Gasteiger partial charge in [-0.05, 0) is 24.6 Å². The van der Waals surface area contributed by atoms with Crippen molar-refractivity contribution in [3.63, 3.8) is 0 Å². The van der Waals surface area contributed by atoms with Gasteiger partial charge in [0.2, 0.25) is 0 Å². The third-order valence-corrected chi connectivity index (χ3v) is 6.92. The van der Waals surface area contributed by atoms with Crippen LogP contribution in [-0.4, -0.2) is 33.6 Å². The molecule has 0 radical (unpaired) electrons. The topological polar surface area (TPSA) is 68.3 Å². The quantitative estimate of drug-likeness (QED) is 0.802. The lowest BCUT2D eigenvalue weighted by Crippen LogP contribution is -2.22. The van der Waals surface area contributed by atoms with Gasteiger partial charge in [0.05, 0.1) is 21.7 Å². The Labute approximate surface area is 99.3 Å². The summed E-state index contributed by atoms with van der Waals surface area (Å²) in [7, 11) is -7.02. The molecule has 0 aliphatic carbocycles. The molecule has 0 saturated carbocycles. The average molecular weight is 278 g/mol. The lowest BCUT2D eigenvalue weighted by Gasteiger charge is -2.09. The third-order valence-electron chi connectivity index (χ3n) is 2.75. The molecule has 0 N–H and O–H groups in total. The molecule has 0 bridgehead atoms. The first-order valence-electron chi connectivity index (χ1n) is 5.01. The summed E-state index contributed by atoms with van der Waals surface area (Å²) < 4.78 is 59.5. The second kappa shape index (κ2) is 4.06. The molecule has 1 fully saturated rings. The minimum Gasteiger partial charge on any atom is -0.229 e. The highest BCUT2D eigenvalue weighted by atomic mass is 32.2. The van der Waals surface area contributed by atoms with E-state index < -0.39 is 30.7 Å². The van der Waals surface area contributed by atoms with Crippen LogP contribution in [0.3, 0.4) is 0 Å². The SMILES string of the molecule is O=S1(=O)CCC(S(=O)(=O)c2cccc(F)c2)C1. The Morgan fingerprint density at radius 2 is 2.00 bits per heavy atom. The van der Waals surface area contributed by atoms with E-state index in [0.717, 1.165) is 12.1 Å². The van der Waals surface area contributed by atoms with Crippen molar-refractivity contribution in [2.24, 2.45) is 0 Å². The highest BCUT2D eigenvalue weighted by Gasteiger charge is 2.38. The van der Waals surface area contributed by atoms with Crippen LogP contribution < -0.4 is 0 Å². The Kier molecular flexibility index (Phi) is 2.99. The number of rotatable bonds is 2. The van der Waals surface area contributed by atoms with Crippen molar-refractivity contribution < 1.29 is 21.2 Å². The molecule has 1 aliphatic rings. The van der Waals surface area contributed by atoms with Gasteiger partial charge in [-0.1, -0.05) is 6.07 Å². The first kappa shape index (κ1) is 12.5. The van der Waals surface area contributed by atoms with Crippen molar-refractivity contribution in [3.8, 4) is 0 Å². The first-order chi connectivity index (χ1) is 7.81. The van der Waals surface area contributed by atoms with Gasteiger partial charge in [0.25, 0.3) is 0 Å². The van der Waals surface area contributed by atoms with Crippen molar-refractivity contribution in [2.45, 2.75) is 16.6 Å². The highest BCUT2D eigenvalue weighted by Crippen LogP contribution is 2.25. The van der Waals surface area contributed by atoms with Gasteiger partial charge < -0.3 is 0 Å². The van der Waals surface area contributed by atoms with Gasteiger partial charge in [-0.3, -0.25) is 0 Å². The molecule has 94 valence electrons. The van der Waals surface area contributed by atoms with E-state index in [-0.39, 0.29) is 22.8 Å². The van der Waals surface area contributed by atoms with Crippen LogP contribution in [0.15, 0.2) is 29.2 Å². The summed E-state index contributed by atoms with van der Waals surface area (Å²) in [5.74, 6) is -1.13. The van der Waals surface area contributed by atoms with Crippen LogP contribution in [0.1, 0.15) is 6.42 Å². The molecule has 0 aromatic heterocycles. The molecule has 1 saturated heterocycles. The molecule has 17 heavy (non-hydrogen) atoms. The number of hydrogen-bond donors (Lipinski definition) is 0. The highest BCUT2D eigenvalue weighted by molar-refractivity contribution is 7.96. The number of sulfone groups is 2. The Morgan fingerprint density at radius 3 is 2.53 bits per heavy atom. The zero-order chi connectivity index (χ0) is 12.7. The molecular formula is C10H11FO4S2. The second-order valence-corrected chi connectivity index (χ2v) is 8.48. The zero-order valence-electron chi connectivity index (χ0n) is 8.84. The van der Waals surface area contributed by atoms with Crippen LogP contribution in [0.2, 0.25) is 0 Å². The van der Waals surface area contributed by atoms with Gasteiger partial charge in [0, 0.05) is 0 Å². The van der Waals surface area contributed by atoms with Crippen LogP contribution in [0.4, 0.5) is 4.39 Å². The summed E-state index contributed by atoms with van der Waals surface area (Å²) in [5.41, 5.74) is 0. The van der Waals surface area contributed by atoms with Crippen LogP contribution in [0.5, 0.6) is 0 Å². The van der Waals surface area contributed by atoms with Gasteiger partial charge in [0.1, 0.15) is 5.82 Å². The van der Waals surface area contributed by atoms with Crippen LogP contribution >= 0.6 is 0 Å². The summed E-state index contributed by atoms with van der Waals surface area (Å²) in [5, 5.41) is -0.950. The van der Waals surface area contributed by atoms with E-state index in [1.807, 2.05) is 0 Å². The molecule has 1 aromatic carbocycles. The summed E-state index contributed by atoms with van der Waals surface area (Å²) >= 11 is 0. The van der Waals surface area contributed by atoms with E-state index in [1.54, 1.807) is 0 Å². The van der Waals surface area contributed by atoms with E-state index in [9.17, 15) is 21.2 Å². The molecule has 0 spiro atoms. The fourth-order valence-electron chi connectivity index (χ4n) is 1.84. The Balaban J connectivity index is 2.38. The first-order valence-corrected chi connectivity index (χ1v) is 8.38. The smallest absolute Gasteiger partial charge is 0.182 e. The molecule has 1 atom stereocenters. The molecule has 1 unspecified atom stereocenters. The van der Waals surface area contributed by atoms with Crippen molar-refractivity contribution in [1.82, 2.24) is 0 Å². The van der Waals surface area contributed by atoms with Gasteiger partial charge in [0.15, 0.2) is 19.7 Å². The molecule has 2 rings (SSSR count). The predicted molar refractivity (Wildman–Crippen MR) is 60.6 cm³/mol. The van der Waals surface area contributed by atoms with Crippen LogP contribution in [0.25, 0.3) is 0 Å². The van der Waals surface area contributed by atoms with E-state index in [1.165, 1.54) is 12.1 Å². The molecule has 1 aliphatic heterocycles. The van der Waals surface area contributed by atoms with Crippen molar-refractivity contribution >= 4 is 19.7 Å². The van der Waals surface area contributed by atoms with Gasteiger partial charge in [-0.25, -0.2) is 21.2 Å². The Bertz CT molecular complexity index is 634. The van der Waals surface area contributed by atoms with E-state index in [2.05, 4.69) is 0 Å². The third kappa shape index (κ3) is 2.50. The summed E-state index contributed by atoms with van der Waals surface area (Å²) in [6, 6.07) is 4.64. The van der Waals surface area contributed by atoms with Gasteiger partial charge >= 0.3 is 0 Å². The van der Waals surface area contributed by atoms with E-state index in [4.69, 9.17) is 0 Å². The molecule has 7 heteroatoms. The van der Waals surface area contributed by atoms with E-state index in [0.29, 0.717) is 0 Å². The standard InChI is InChI=1S/C10H11FO4S2/c11-8-2-1-3-9(6-8)17(14,15)10-4-5-16(12,13)7-10/h1-3,6,10H,4-5,7H2. The van der Waals surface area contributed by atoms with E-state index >= 15 is 0 Å². The van der Waals surface area contributed by atoms with Gasteiger partial charge in [-0.15, -0.1) is 0 Å². The minimum absolute atomic E-state index is 0.0845. The Morgan fingerprint density at radius 1 is 1.29 bits per heavy atom. The number of benzene rings is 1. The maximum absolute atomic E-state index is 13.0. The molecule has 1 heterocycles. The van der Waals surface area contributed by atoms with Crippen LogP contribution in [-0.2, 0) is 19.7 Å². The lowest BCUT2D eigenvalue weighted by atomic mass is 10.3. The van der Waals surface area contributed by atoms with Crippen LogP contribution in [0, 0.1) is 5.82 Å². The second-order valence-electron chi connectivity index (χ2n) is 4.03. The fraction of sp³-hybridized carbons (Fsp3) is 0.400. The van der Waals surface area contributed by atoms with Crippen molar-refractivity contribution in [2.75, 3.05) is 11.5 Å². The average Bonchev–Trinajstić information content (AvgIpc) is 2.59. The maximum atomic E-state index is 13.0. The largest absolute Gasteiger partial charge is 0.229 e. The maximum Gasteiger partial charge on any atom is 0.182 e. The van der Waals surface area contributed by atoms with Gasteiger partial charge in [-0.2, -0.15) is 0 Å². The summed E-state index contributed by atoms with van der Waals surface area (Å²) in [6.07, 6.45) is 0.0845. The lowest BCUT2D eigenvalue weighted by molar-refractivity contribution is 0.578. The van der Waals surface area contributed by atoms with Crippen molar-refractivity contribution in [1.29, 1.82) is 0 Å². The molecular weight excluding hydrogens is 267 g/mol. The molecule has 4 nitrogen and oxygen atoms in total. The number of halogens is 1. The minimum atomic E-state index is -3.75. The summed E-state index contributed by atoms with van der Waals surface area (Å²) in [6.45, 7) is 0. The normalized spacial score (nSPS) is 23.7. The predicted octanol–water partition coefficient (Wildman–Crippen LogP) is 0.787. The summed E-state index contributed by atoms with van der Waals surface area (Å²) in [4.78, 5) is -0.153.